The molecule has 1 saturated heterocycles. The molecular formula is C22H23Cl2NO4S. The van der Waals surface area contributed by atoms with Crippen molar-refractivity contribution in [2.24, 2.45) is 5.92 Å². The van der Waals surface area contributed by atoms with Gasteiger partial charge in [0.2, 0.25) is 0 Å². The summed E-state index contributed by atoms with van der Waals surface area (Å²) in [6.45, 7) is 4.24. The van der Waals surface area contributed by atoms with Crippen LogP contribution in [0.2, 0.25) is 10.0 Å². The molecule has 2 unspecified atom stereocenters. The average molecular weight is 468 g/mol. The maximum Gasteiger partial charge on any atom is 0.329 e. The summed E-state index contributed by atoms with van der Waals surface area (Å²) in [5.41, 5.74) is 1.26. The first-order valence-corrected chi connectivity index (χ1v) is 11.3. The fourth-order valence-corrected chi connectivity index (χ4v) is 4.80. The first-order valence-electron chi connectivity index (χ1n) is 9.51. The molecule has 0 spiro atoms. The van der Waals surface area contributed by atoms with Crippen LogP contribution in [-0.4, -0.2) is 42.3 Å². The Bertz CT molecular complexity index is 920. The summed E-state index contributed by atoms with van der Waals surface area (Å²) in [4.78, 5) is 27.8. The Morgan fingerprint density at radius 1 is 1.13 bits per heavy atom. The highest BCUT2D eigenvalue weighted by Crippen LogP contribution is 2.44. The molecule has 5 nitrogen and oxygen atoms in total. The van der Waals surface area contributed by atoms with Crippen molar-refractivity contribution in [3.63, 3.8) is 0 Å². The van der Waals surface area contributed by atoms with E-state index in [2.05, 4.69) is 0 Å². The molecule has 1 fully saturated rings. The van der Waals surface area contributed by atoms with Gasteiger partial charge < -0.3 is 14.4 Å². The smallest absolute Gasteiger partial charge is 0.329 e. The molecule has 1 heterocycles. The molecule has 0 aromatic heterocycles. The molecule has 3 rings (SSSR count). The van der Waals surface area contributed by atoms with E-state index in [1.165, 1.54) is 11.8 Å². The van der Waals surface area contributed by atoms with Crippen molar-refractivity contribution >= 4 is 46.8 Å². The molecule has 1 amide bonds. The number of benzene rings is 2. The van der Waals surface area contributed by atoms with Crippen LogP contribution >= 0.6 is 35.0 Å². The van der Waals surface area contributed by atoms with E-state index in [1.54, 1.807) is 48.4 Å². The van der Waals surface area contributed by atoms with Crippen molar-refractivity contribution in [3.8, 4) is 5.75 Å². The first-order chi connectivity index (χ1) is 14.3. The van der Waals surface area contributed by atoms with Crippen LogP contribution in [0.4, 0.5) is 0 Å². The Morgan fingerprint density at radius 3 is 2.43 bits per heavy atom. The Kier molecular flexibility index (Phi) is 7.55. The predicted molar refractivity (Wildman–Crippen MR) is 120 cm³/mol. The lowest BCUT2D eigenvalue weighted by Crippen LogP contribution is -2.44. The van der Waals surface area contributed by atoms with Crippen LogP contribution in [0.25, 0.3) is 0 Å². The number of carbonyl (C=O) groups excluding carboxylic acids is 2. The minimum atomic E-state index is -0.692. The van der Waals surface area contributed by atoms with E-state index >= 15 is 0 Å². The van der Waals surface area contributed by atoms with Crippen LogP contribution in [0.15, 0.2) is 42.5 Å². The van der Waals surface area contributed by atoms with Gasteiger partial charge in [0.15, 0.2) is 0 Å². The number of halogens is 2. The maximum absolute atomic E-state index is 13.4. The number of nitrogens with zero attached hydrogens (tertiary/aromatic N) is 1. The first kappa shape index (κ1) is 22.8. The van der Waals surface area contributed by atoms with E-state index in [-0.39, 0.29) is 17.2 Å². The third kappa shape index (κ3) is 5.05. The zero-order valence-electron chi connectivity index (χ0n) is 16.9. The number of hydrogen-bond acceptors (Lipinski definition) is 5. The van der Waals surface area contributed by atoms with Crippen molar-refractivity contribution in [2.45, 2.75) is 25.3 Å². The van der Waals surface area contributed by atoms with Crippen molar-refractivity contribution < 1.29 is 19.1 Å². The van der Waals surface area contributed by atoms with Gasteiger partial charge in [0.05, 0.1) is 23.8 Å². The van der Waals surface area contributed by atoms with Crippen LogP contribution in [0.3, 0.4) is 0 Å². The molecule has 1 aliphatic rings. The molecular weight excluding hydrogens is 445 g/mol. The van der Waals surface area contributed by atoms with Crippen LogP contribution in [0, 0.1) is 5.92 Å². The number of methoxy groups -OCH3 is 1. The Balaban J connectivity index is 1.94. The topological polar surface area (TPSA) is 55.8 Å². The maximum atomic E-state index is 13.4. The summed E-state index contributed by atoms with van der Waals surface area (Å²) in [5, 5.41) is 0.452. The van der Waals surface area contributed by atoms with Gasteiger partial charge in [-0.25, -0.2) is 4.79 Å². The van der Waals surface area contributed by atoms with Gasteiger partial charge in [0.25, 0.3) is 5.91 Å². The summed E-state index contributed by atoms with van der Waals surface area (Å²) >= 11 is 13.8. The van der Waals surface area contributed by atoms with Gasteiger partial charge in [0.1, 0.15) is 17.2 Å². The quantitative estimate of drug-likeness (QED) is 0.528. The number of thioether (sulfide) groups is 1. The fraction of sp³-hybridized carbons (Fsp3) is 0.364. The minimum Gasteiger partial charge on any atom is -0.497 e. The molecule has 0 saturated carbocycles. The summed E-state index contributed by atoms with van der Waals surface area (Å²) in [6.07, 6.45) is 0. The Hall–Kier alpha value is -1.89. The van der Waals surface area contributed by atoms with Gasteiger partial charge in [0, 0.05) is 11.3 Å². The summed E-state index contributed by atoms with van der Waals surface area (Å²) < 4.78 is 10.6. The third-order valence-corrected chi connectivity index (χ3v) is 6.69. The second kappa shape index (κ2) is 9.94. The van der Waals surface area contributed by atoms with Gasteiger partial charge in [-0.1, -0.05) is 43.1 Å². The highest BCUT2D eigenvalue weighted by atomic mass is 35.5. The molecule has 8 heteroatoms. The molecule has 1 aliphatic heterocycles. The largest absolute Gasteiger partial charge is 0.497 e. The molecule has 160 valence electrons. The number of rotatable bonds is 6. The van der Waals surface area contributed by atoms with Crippen molar-refractivity contribution in [1.29, 1.82) is 0 Å². The predicted octanol–water partition coefficient (Wildman–Crippen LogP) is 5.46. The third-order valence-electron chi connectivity index (χ3n) is 4.63. The van der Waals surface area contributed by atoms with E-state index in [9.17, 15) is 9.59 Å². The second-order valence-electron chi connectivity index (χ2n) is 7.34. The molecule has 0 aliphatic carbocycles. The SMILES string of the molecule is COc1ccc(C(=O)N2C(C(=O)OCC(C)C)CSC2c2ccc(Cl)c(Cl)c2)cc1. The molecule has 30 heavy (non-hydrogen) atoms. The van der Waals surface area contributed by atoms with E-state index in [0.717, 1.165) is 5.56 Å². The summed E-state index contributed by atoms with van der Waals surface area (Å²) in [6, 6.07) is 11.4. The number of esters is 1. The van der Waals surface area contributed by atoms with Gasteiger partial charge in [-0.05, 0) is 47.9 Å². The van der Waals surface area contributed by atoms with Crippen molar-refractivity contribution in [3.05, 3.63) is 63.6 Å². The van der Waals surface area contributed by atoms with Gasteiger partial charge in [-0.3, -0.25) is 4.79 Å². The number of carbonyl (C=O) groups is 2. The molecule has 0 bridgehead atoms. The standard InChI is InChI=1S/C22H23Cl2NO4S/c1-13(2)11-29-22(27)19-12-30-21(15-6-9-17(23)18(24)10-15)25(19)20(26)14-4-7-16(28-3)8-5-14/h4-10,13,19,21H,11-12H2,1-3H3. The Morgan fingerprint density at radius 2 is 1.83 bits per heavy atom. The minimum absolute atomic E-state index is 0.208. The molecule has 2 atom stereocenters. The zero-order chi connectivity index (χ0) is 21.8. The van der Waals surface area contributed by atoms with E-state index < -0.39 is 12.0 Å². The second-order valence-corrected chi connectivity index (χ2v) is 9.27. The van der Waals surface area contributed by atoms with Gasteiger partial charge in [-0.15, -0.1) is 11.8 Å². The number of amides is 1. The fourth-order valence-electron chi connectivity index (χ4n) is 3.09. The van der Waals surface area contributed by atoms with Gasteiger partial charge in [-0.2, -0.15) is 0 Å². The summed E-state index contributed by atoms with van der Waals surface area (Å²) in [5.74, 6) is 0.630. The zero-order valence-corrected chi connectivity index (χ0v) is 19.3. The molecule has 0 radical (unpaired) electrons. The van der Waals surface area contributed by atoms with Gasteiger partial charge >= 0.3 is 5.97 Å². The van der Waals surface area contributed by atoms with Crippen LogP contribution < -0.4 is 4.74 Å². The van der Waals surface area contributed by atoms with E-state index in [1.807, 2.05) is 19.9 Å². The normalized spacial score (nSPS) is 18.5. The molecule has 2 aromatic rings. The highest BCUT2D eigenvalue weighted by molar-refractivity contribution is 7.99. The monoisotopic (exact) mass is 467 g/mol. The lowest BCUT2D eigenvalue weighted by molar-refractivity contribution is -0.149. The number of ether oxygens (including phenoxy) is 2. The van der Waals surface area contributed by atoms with Crippen molar-refractivity contribution in [1.82, 2.24) is 4.90 Å². The lowest BCUT2D eigenvalue weighted by Gasteiger charge is -2.29. The van der Waals surface area contributed by atoms with Crippen LogP contribution in [-0.2, 0) is 9.53 Å². The number of hydrogen-bond donors (Lipinski definition) is 0. The van der Waals surface area contributed by atoms with Crippen LogP contribution in [0.1, 0.15) is 35.1 Å². The Labute approximate surface area is 190 Å². The lowest BCUT2D eigenvalue weighted by atomic mass is 10.1. The van der Waals surface area contributed by atoms with Crippen molar-refractivity contribution in [2.75, 3.05) is 19.5 Å². The van der Waals surface area contributed by atoms with E-state index in [0.29, 0.717) is 33.7 Å². The highest BCUT2D eigenvalue weighted by Gasteiger charge is 2.43. The molecule has 2 aromatic carbocycles. The molecule has 0 N–H and O–H groups in total. The van der Waals surface area contributed by atoms with Crippen LogP contribution in [0.5, 0.6) is 5.75 Å². The van der Waals surface area contributed by atoms with E-state index in [4.69, 9.17) is 32.7 Å². The average Bonchev–Trinajstić information content (AvgIpc) is 3.18. The summed E-state index contributed by atoms with van der Waals surface area (Å²) in [7, 11) is 1.56.